The van der Waals surface area contributed by atoms with Crippen molar-refractivity contribution in [1.29, 1.82) is 0 Å². The van der Waals surface area contributed by atoms with E-state index >= 15 is 0 Å². The van der Waals surface area contributed by atoms with Crippen molar-refractivity contribution in [2.75, 3.05) is 26.4 Å². The number of hydrogen-bond acceptors (Lipinski definition) is 8. The van der Waals surface area contributed by atoms with Gasteiger partial charge in [0.05, 0.1) is 19.6 Å². The van der Waals surface area contributed by atoms with Crippen LogP contribution in [0.15, 0.2) is 60.8 Å². The predicted molar refractivity (Wildman–Crippen MR) is 192 cm³/mol. The van der Waals surface area contributed by atoms with Crippen molar-refractivity contribution in [2.24, 2.45) is 5.73 Å². The lowest BCUT2D eigenvalue weighted by Gasteiger charge is -2.19. The molecular formula is C37H64NO8P. The fourth-order valence-electron chi connectivity index (χ4n) is 4.35. The molecule has 0 amide bonds. The van der Waals surface area contributed by atoms with Crippen molar-refractivity contribution in [3.8, 4) is 0 Å². The average Bonchev–Trinajstić information content (AvgIpc) is 3.05. The number of nitrogens with two attached hydrogens (primary N) is 1. The lowest BCUT2D eigenvalue weighted by atomic mass is 10.1. The third-order valence-electron chi connectivity index (χ3n) is 6.95. The minimum Gasteiger partial charge on any atom is -0.462 e. The van der Waals surface area contributed by atoms with Crippen molar-refractivity contribution in [2.45, 2.75) is 136 Å². The van der Waals surface area contributed by atoms with Crippen LogP contribution in [0.3, 0.4) is 0 Å². The zero-order valence-electron chi connectivity index (χ0n) is 29.2. The number of carbonyl (C=O) groups is 2. The molecule has 0 aromatic carbocycles. The molecule has 0 radical (unpaired) electrons. The summed E-state index contributed by atoms with van der Waals surface area (Å²) in [4.78, 5) is 34.5. The van der Waals surface area contributed by atoms with Crippen LogP contribution in [-0.2, 0) is 32.7 Å². The molecule has 47 heavy (non-hydrogen) atoms. The van der Waals surface area contributed by atoms with E-state index in [0.717, 1.165) is 44.9 Å². The van der Waals surface area contributed by atoms with Gasteiger partial charge >= 0.3 is 19.8 Å². The van der Waals surface area contributed by atoms with Gasteiger partial charge in [0.15, 0.2) is 6.10 Å². The van der Waals surface area contributed by atoms with E-state index < -0.39 is 32.5 Å². The van der Waals surface area contributed by atoms with Gasteiger partial charge in [-0.05, 0) is 38.5 Å². The lowest BCUT2D eigenvalue weighted by molar-refractivity contribution is -0.160. The predicted octanol–water partition coefficient (Wildman–Crippen LogP) is 9.38. The van der Waals surface area contributed by atoms with E-state index in [1.54, 1.807) is 6.08 Å². The van der Waals surface area contributed by atoms with Crippen molar-refractivity contribution >= 4 is 19.8 Å². The molecule has 0 fully saturated rings. The molecule has 0 saturated heterocycles. The van der Waals surface area contributed by atoms with Crippen molar-refractivity contribution in [1.82, 2.24) is 0 Å². The maximum Gasteiger partial charge on any atom is 0.472 e. The first-order valence-corrected chi connectivity index (χ1v) is 19.3. The highest BCUT2D eigenvalue weighted by Crippen LogP contribution is 2.43. The van der Waals surface area contributed by atoms with E-state index in [0.29, 0.717) is 6.42 Å². The number of phosphoric ester groups is 1. The quantitative estimate of drug-likeness (QED) is 0.0308. The van der Waals surface area contributed by atoms with Crippen LogP contribution < -0.4 is 5.73 Å². The Morgan fingerprint density at radius 1 is 0.660 bits per heavy atom. The van der Waals surface area contributed by atoms with E-state index in [1.807, 2.05) is 12.2 Å². The minimum atomic E-state index is -4.39. The third-order valence-corrected chi connectivity index (χ3v) is 7.94. The zero-order chi connectivity index (χ0) is 34.7. The first kappa shape index (κ1) is 44.7. The number of rotatable bonds is 32. The highest BCUT2D eigenvalue weighted by atomic mass is 31.2. The Morgan fingerprint density at radius 3 is 1.66 bits per heavy atom. The molecule has 0 aliphatic heterocycles. The fraction of sp³-hybridized carbons (Fsp3) is 0.676. The molecule has 0 heterocycles. The van der Waals surface area contributed by atoms with Crippen LogP contribution in [0, 0.1) is 0 Å². The molecule has 0 aliphatic carbocycles. The Labute approximate surface area is 285 Å². The van der Waals surface area contributed by atoms with E-state index in [2.05, 4.69) is 56.4 Å². The number of allylic oxidation sites excluding steroid dienone is 9. The van der Waals surface area contributed by atoms with Gasteiger partial charge in [-0.25, -0.2) is 4.57 Å². The molecule has 2 atom stereocenters. The fourth-order valence-corrected chi connectivity index (χ4v) is 5.12. The molecule has 0 aliphatic rings. The van der Waals surface area contributed by atoms with E-state index in [1.165, 1.54) is 51.4 Å². The Bertz CT molecular complexity index is 960. The van der Waals surface area contributed by atoms with Gasteiger partial charge in [-0.1, -0.05) is 139 Å². The Morgan fingerprint density at radius 2 is 1.15 bits per heavy atom. The number of ether oxygens (including phenoxy) is 2. The maximum atomic E-state index is 12.4. The highest BCUT2D eigenvalue weighted by Gasteiger charge is 2.25. The van der Waals surface area contributed by atoms with Gasteiger partial charge in [0.2, 0.25) is 0 Å². The van der Waals surface area contributed by atoms with Crippen molar-refractivity contribution in [3.05, 3.63) is 60.8 Å². The Hall–Kier alpha value is -2.29. The van der Waals surface area contributed by atoms with Gasteiger partial charge < -0.3 is 20.1 Å². The lowest BCUT2D eigenvalue weighted by Crippen LogP contribution is -2.29. The van der Waals surface area contributed by atoms with Crippen LogP contribution in [0.1, 0.15) is 129 Å². The number of hydrogen-bond donors (Lipinski definition) is 2. The third kappa shape index (κ3) is 33.4. The van der Waals surface area contributed by atoms with Crippen LogP contribution in [0.25, 0.3) is 0 Å². The molecule has 0 spiro atoms. The summed E-state index contributed by atoms with van der Waals surface area (Å²) in [5.41, 5.74) is 5.31. The van der Waals surface area contributed by atoms with Crippen LogP contribution in [0.2, 0.25) is 0 Å². The van der Waals surface area contributed by atoms with Gasteiger partial charge in [-0.15, -0.1) is 0 Å². The summed E-state index contributed by atoms with van der Waals surface area (Å²) in [7, 11) is -4.39. The maximum absolute atomic E-state index is 12.4. The monoisotopic (exact) mass is 681 g/mol. The summed E-state index contributed by atoms with van der Waals surface area (Å²) in [6.07, 6.45) is 37.1. The van der Waals surface area contributed by atoms with Gasteiger partial charge in [0.1, 0.15) is 6.61 Å². The topological polar surface area (TPSA) is 134 Å². The van der Waals surface area contributed by atoms with Crippen LogP contribution >= 0.6 is 7.82 Å². The van der Waals surface area contributed by atoms with Crippen molar-refractivity contribution in [3.63, 3.8) is 0 Å². The van der Waals surface area contributed by atoms with Gasteiger partial charge in [-0.3, -0.25) is 18.6 Å². The highest BCUT2D eigenvalue weighted by molar-refractivity contribution is 7.47. The van der Waals surface area contributed by atoms with E-state index in [4.69, 9.17) is 24.3 Å². The van der Waals surface area contributed by atoms with Crippen molar-refractivity contribution < 1.29 is 37.6 Å². The summed E-state index contributed by atoms with van der Waals surface area (Å²) >= 11 is 0. The molecule has 3 N–H and O–H groups in total. The van der Waals surface area contributed by atoms with E-state index in [9.17, 15) is 19.0 Å². The Kier molecular flexibility index (Phi) is 32.0. The number of esters is 2. The SMILES string of the molecule is CC/C=C\C/C=C\C/C=C\C/C=C\C/C=C\CC(=O)OC(COC(=O)CCCCCCCCCCCCC)COP(=O)(O)OCCN. The second-order valence-electron chi connectivity index (χ2n) is 11.4. The summed E-state index contributed by atoms with van der Waals surface area (Å²) in [5, 5.41) is 0. The largest absolute Gasteiger partial charge is 0.472 e. The smallest absolute Gasteiger partial charge is 0.462 e. The first-order chi connectivity index (χ1) is 22.8. The molecule has 0 aromatic heterocycles. The second kappa shape index (κ2) is 33.6. The van der Waals surface area contributed by atoms with Crippen LogP contribution in [0.4, 0.5) is 0 Å². The average molecular weight is 682 g/mol. The summed E-state index contributed by atoms with van der Waals surface area (Å²) in [6.45, 7) is 3.46. The van der Waals surface area contributed by atoms with Gasteiger partial charge in [0, 0.05) is 13.0 Å². The number of phosphoric acid groups is 1. The van der Waals surface area contributed by atoms with Crippen LogP contribution in [-0.4, -0.2) is 49.3 Å². The molecule has 2 unspecified atom stereocenters. The molecule has 10 heteroatoms. The number of unbranched alkanes of at least 4 members (excludes halogenated alkanes) is 10. The Balaban J connectivity index is 4.44. The molecule has 0 bridgehead atoms. The molecule has 0 saturated carbocycles. The zero-order valence-corrected chi connectivity index (χ0v) is 30.1. The van der Waals surface area contributed by atoms with Gasteiger partial charge in [-0.2, -0.15) is 0 Å². The molecule has 270 valence electrons. The first-order valence-electron chi connectivity index (χ1n) is 17.8. The standard InChI is InChI=1S/C37H64NO8P/c1-3-5-7-9-11-13-15-16-17-18-20-22-24-26-28-30-37(40)46-35(34-45-47(41,42)44-32-31-38)33-43-36(39)29-27-25-23-21-19-14-12-10-8-6-4-2/h5,7,11,13,16-17,20,22,26,28,35H,3-4,6,8-10,12,14-15,18-19,21,23-25,27,29-34,38H2,1-2H3,(H,41,42)/b7-5-,13-11-,17-16-,22-20-,28-26-. The summed E-state index contributed by atoms with van der Waals surface area (Å²) in [5.74, 6) is -0.983. The summed E-state index contributed by atoms with van der Waals surface area (Å²) < 4.78 is 32.4. The molecule has 0 aromatic rings. The second-order valence-corrected chi connectivity index (χ2v) is 12.8. The van der Waals surface area contributed by atoms with Crippen LogP contribution in [0.5, 0.6) is 0 Å². The molecular weight excluding hydrogens is 617 g/mol. The normalized spacial score (nSPS) is 14.2. The molecule has 0 rings (SSSR count). The summed E-state index contributed by atoms with van der Waals surface area (Å²) in [6, 6.07) is 0. The molecule has 9 nitrogen and oxygen atoms in total. The van der Waals surface area contributed by atoms with E-state index in [-0.39, 0.29) is 32.6 Å². The minimum absolute atomic E-state index is 0.00281. The number of carbonyl (C=O) groups excluding carboxylic acids is 2. The van der Waals surface area contributed by atoms with Gasteiger partial charge in [0.25, 0.3) is 0 Å².